The first-order valence-corrected chi connectivity index (χ1v) is 10.4. The van der Waals surface area contributed by atoms with Gasteiger partial charge in [-0.3, -0.25) is 9.69 Å². The van der Waals surface area contributed by atoms with Gasteiger partial charge in [-0.25, -0.2) is 0 Å². The maximum Gasteiger partial charge on any atom is 0.221 e. The summed E-state index contributed by atoms with van der Waals surface area (Å²) >= 11 is 1.76. The molecule has 2 saturated heterocycles. The Morgan fingerprint density at radius 3 is 2.30 bits per heavy atom. The van der Waals surface area contributed by atoms with Crippen LogP contribution in [0.2, 0.25) is 0 Å². The van der Waals surface area contributed by atoms with Crippen molar-refractivity contribution in [3.8, 4) is 0 Å². The first kappa shape index (κ1) is 20.2. The van der Waals surface area contributed by atoms with Crippen LogP contribution in [0.15, 0.2) is 58.3 Å². The zero-order valence-corrected chi connectivity index (χ0v) is 17.3. The second-order valence-corrected chi connectivity index (χ2v) is 8.50. The normalized spacial score (nSPS) is 22.0. The van der Waals surface area contributed by atoms with E-state index in [9.17, 15) is 4.79 Å². The summed E-state index contributed by atoms with van der Waals surface area (Å²) in [7, 11) is 0. The minimum Gasteiger partial charge on any atom is -0.326 e. The summed E-state index contributed by atoms with van der Waals surface area (Å²) in [5.74, 6) is -0.0381. The van der Waals surface area contributed by atoms with Crippen LogP contribution < -0.4 is 5.32 Å². The van der Waals surface area contributed by atoms with E-state index in [0.717, 1.165) is 11.7 Å². The Hall–Kier alpha value is -1.49. The van der Waals surface area contributed by atoms with Gasteiger partial charge in [0.05, 0.1) is 0 Å². The summed E-state index contributed by atoms with van der Waals surface area (Å²) in [6.07, 6.45) is 6.82. The fourth-order valence-electron chi connectivity index (χ4n) is 4.32. The average molecular weight is 403 g/mol. The van der Waals surface area contributed by atoms with Gasteiger partial charge >= 0.3 is 0 Å². The smallest absolute Gasteiger partial charge is 0.221 e. The molecule has 0 saturated carbocycles. The lowest BCUT2D eigenvalue weighted by molar-refractivity contribution is -0.114. The molecule has 2 aromatic carbocycles. The molecular formula is C22H27ClN2OS. The van der Waals surface area contributed by atoms with Gasteiger partial charge in [0, 0.05) is 34.5 Å². The van der Waals surface area contributed by atoms with Gasteiger partial charge in [0.25, 0.3) is 0 Å². The van der Waals surface area contributed by atoms with Crippen molar-refractivity contribution in [1.29, 1.82) is 0 Å². The van der Waals surface area contributed by atoms with Crippen LogP contribution in [0.5, 0.6) is 0 Å². The third-order valence-electron chi connectivity index (χ3n) is 5.52. The molecule has 0 aliphatic carbocycles. The molecule has 1 amide bonds. The quantitative estimate of drug-likeness (QED) is 0.690. The van der Waals surface area contributed by atoms with Gasteiger partial charge in [-0.05, 0) is 74.2 Å². The number of hydrogen-bond donors (Lipinski definition) is 1. The summed E-state index contributed by atoms with van der Waals surface area (Å²) in [5, 5.41) is 2.80. The van der Waals surface area contributed by atoms with Crippen LogP contribution in [-0.2, 0) is 4.79 Å². The topological polar surface area (TPSA) is 32.3 Å². The van der Waals surface area contributed by atoms with Crippen LogP contribution in [0.25, 0.3) is 0 Å². The Morgan fingerprint density at radius 1 is 0.963 bits per heavy atom. The summed E-state index contributed by atoms with van der Waals surface area (Å²) in [6.45, 7) is 2.80. The fraction of sp³-hybridized carbons (Fsp3) is 0.409. The Kier molecular flexibility index (Phi) is 6.85. The monoisotopic (exact) mass is 402 g/mol. The van der Waals surface area contributed by atoms with Crippen molar-refractivity contribution in [3.05, 3.63) is 54.1 Å². The summed E-state index contributed by atoms with van der Waals surface area (Å²) in [4.78, 5) is 16.3. The van der Waals surface area contributed by atoms with Gasteiger partial charge in [0.15, 0.2) is 0 Å². The molecule has 4 rings (SSSR count). The van der Waals surface area contributed by atoms with Crippen LogP contribution in [0.3, 0.4) is 0 Å². The van der Waals surface area contributed by atoms with Crippen LogP contribution in [0, 0.1) is 0 Å². The van der Waals surface area contributed by atoms with E-state index < -0.39 is 0 Å². The highest BCUT2D eigenvalue weighted by Gasteiger charge is 2.35. The Morgan fingerprint density at radius 2 is 1.63 bits per heavy atom. The number of carbonyl (C=O) groups is 1. The number of amides is 1. The van der Waals surface area contributed by atoms with E-state index >= 15 is 0 Å². The second kappa shape index (κ2) is 9.13. The van der Waals surface area contributed by atoms with Gasteiger partial charge < -0.3 is 5.32 Å². The third kappa shape index (κ3) is 4.87. The lowest BCUT2D eigenvalue weighted by Gasteiger charge is -2.34. The number of carbonyl (C=O) groups excluding carboxylic acids is 1. The molecule has 27 heavy (non-hydrogen) atoms. The molecule has 2 heterocycles. The van der Waals surface area contributed by atoms with Crippen molar-refractivity contribution in [3.63, 3.8) is 0 Å². The lowest BCUT2D eigenvalue weighted by atomic mass is 10.0. The molecule has 1 N–H and O–H groups in total. The van der Waals surface area contributed by atoms with Gasteiger partial charge in [-0.2, -0.15) is 0 Å². The zero-order chi connectivity index (χ0) is 17.9. The number of halogens is 1. The molecule has 0 radical (unpaired) electrons. The maximum absolute atomic E-state index is 11.1. The highest BCUT2D eigenvalue weighted by atomic mass is 35.5. The summed E-state index contributed by atoms with van der Waals surface area (Å²) in [5.41, 5.74) is 2.31. The van der Waals surface area contributed by atoms with Crippen LogP contribution in [0.1, 0.15) is 50.6 Å². The molecule has 0 spiro atoms. The van der Waals surface area contributed by atoms with Gasteiger partial charge in [-0.1, -0.05) is 30.3 Å². The van der Waals surface area contributed by atoms with E-state index in [1.807, 2.05) is 12.1 Å². The molecular weight excluding hydrogens is 376 g/mol. The zero-order valence-electron chi connectivity index (χ0n) is 15.7. The SMILES string of the molecule is CC(=O)Nc1ccc(Sc2ccc([C@H]3CC[C@H]4CCCCN43)cc2)cc1.Cl. The van der Waals surface area contributed by atoms with Crippen LogP contribution in [-0.4, -0.2) is 23.4 Å². The molecule has 2 atom stereocenters. The van der Waals surface area contributed by atoms with Crippen molar-refractivity contribution in [1.82, 2.24) is 4.90 Å². The van der Waals surface area contributed by atoms with E-state index in [0.29, 0.717) is 6.04 Å². The number of nitrogens with zero attached hydrogens (tertiary/aromatic N) is 1. The molecule has 0 unspecified atom stereocenters. The summed E-state index contributed by atoms with van der Waals surface area (Å²) < 4.78 is 0. The number of nitrogens with one attached hydrogen (secondary N) is 1. The molecule has 2 aliphatic rings. The summed E-state index contributed by atoms with van der Waals surface area (Å²) in [6, 6.07) is 18.6. The third-order valence-corrected chi connectivity index (χ3v) is 6.54. The predicted octanol–water partition coefficient (Wildman–Crippen LogP) is 5.91. The molecule has 2 aromatic rings. The molecule has 0 bridgehead atoms. The lowest BCUT2D eigenvalue weighted by Crippen LogP contribution is -2.35. The van der Waals surface area contributed by atoms with Crippen molar-refractivity contribution >= 4 is 35.8 Å². The van der Waals surface area contributed by atoms with Crippen molar-refractivity contribution in [2.45, 2.75) is 60.9 Å². The van der Waals surface area contributed by atoms with E-state index in [1.165, 1.54) is 60.9 Å². The number of fused-ring (bicyclic) bond motifs is 1. The number of hydrogen-bond acceptors (Lipinski definition) is 3. The maximum atomic E-state index is 11.1. The van der Waals surface area contributed by atoms with Crippen molar-refractivity contribution in [2.24, 2.45) is 0 Å². The minimum atomic E-state index is -0.0381. The predicted molar refractivity (Wildman–Crippen MR) is 115 cm³/mol. The Bertz CT molecular complexity index is 763. The molecule has 5 heteroatoms. The van der Waals surface area contributed by atoms with Gasteiger partial charge in [0.2, 0.25) is 5.91 Å². The van der Waals surface area contributed by atoms with E-state index in [4.69, 9.17) is 0 Å². The van der Waals surface area contributed by atoms with Gasteiger partial charge in [-0.15, -0.1) is 12.4 Å². The average Bonchev–Trinajstić information content (AvgIpc) is 3.08. The number of piperidine rings is 1. The number of rotatable bonds is 4. The van der Waals surface area contributed by atoms with Crippen LogP contribution in [0.4, 0.5) is 5.69 Å². The molecule has 3 nitrogen and oxygen atoms in total. The fourth-order valence-corrected chi connectivity index (χ4v) is 5.14. The second-order valence-electron chi connectivity index (χ2n) is 7.36. The number of benzene rings is 2. The Labute approximate surface area is 172 Å². The minimum absolute atomic E-state index is 0. The highest BCUT2D eigenvalue weighted by molar-refractivity contribution is 7.99. The molecule has 2 aliphatic heterocycles. The van der Waals surface area contributed by atoms with E-state index in [1.54, 1.807) is 11.8 Å². The Balaban J connectivity index is 0.00000210. The van der Waals surface area contributed by atoms with Crippen LogP contribution >= 0.6 is 24.2 Å². The number of anilines is 1. The molecule has 0 aromatic heterocycles. The first-order valence-electron chi connectivity index (χ1n) is 9.60. The van der Waals surface area contributed by atoms with Gasteiger partial charge in [0.1, 0.15) is 0 Å². The first-order chi connectivity index (χ1) is 12.7. The van der Waals surface area contributed by atoms with E-state index in [2.05, 4.69) is 46.6 Å². The van der Waals surface area contributed by atoms with E-state index in [-0.39, 0.29) is 18.3 Å². The van der Waals surface area contributed by atoms with Crippen molar-refractivity contribution in [2.75, 3.05) is 11.9 Å². The largest absolute Gasteiger partial charge is 0.326 e. The standard InChI is InChI=1S/C22H26N2OS.ClH/c1-16(25)23-18-7-12-21(13-8-18)26-20-10-5-17(6-11-20)22-14-9-19-4-2-3-15-24(19)22;/h5-8,10-13,19,22H,2-4,9,14-15H2,1H3,(H,23,25);1H/t19-,22-;/m1./s1. The molecule has 144 valence electrons. The highest BCUT2D eigenvalue weighted by Crippen LogP contribution is 2.41. The van der Waals surface area contributed by atoms with Crippen molar-refractivity contribution < 1.29 is 4.79 Å². The molecule has 2 fully saturated rings.